The summed E-state index contributed by atoms with van der Waals surface area (Å²) >= 11 is 0. The predicted octanol–water partition coefficient (Wildman–Crippen LogP) is -0.909. The van der Waals surface area contributed by atoms with Crippen LogP contribution in [0.3, 0.4) is 0 Å². The van der Waals surface area contributed by atoms with Gasteiger partial charge in [0.25, 0.3) is 5.91 Å². The molecule has 15 heavy (non-hydrogen) atoms. The zero-order valence-corrected chi connectivity index (χ0v) is 9.34. The van der Waals surface area contributed by atoms with Crippen molar-refractivity contribution in [2.24, 2.45) is 0 Å². The highest BCUT2D eigenvalue weighted by atomic mass is 16.5. The summed E-state index contributed by atoms with van der Waals surface area (Å²) in [4.78, 5) is 11.5. The van der Waals surface area contributed by atoms with Crippen molar-refractivity contribution < 1.29 is 9.53 Å². The van der Waals surface area contributed by atoms with Gasteiger partial charge in [-0.1, -0.05) is 6.92 Å². The van der Waals surface area contributed by atoms with Crippen LogP contribution in [0, 0.1) is 0 Å². The third-order valence-corrected chi connectivity index (χ3v) is 2.25. The van der Waals surface area contributed by atoms with Gasteiger partial charge in [0.1, 0.15) is 6.10 Å². The third kappa shape index (κ3) is 5.11. The monoisotopic (exact) mass is 215 g/mol. The number of hydrogen-bond donors (Lipinski definition) is 3. The summed E-state index contributed by atoms with van der Waals surface area (Å²) in [6, 6.07) is 0. The number of nitrogens with one attached hydrogen (secondary N) is 3. The van der Waals surface area contributed by atoms with Gasteiger partial charge in [-0.05, 0) is 13.0 Å². The maximum Gasteiger partial charge on any atom is 0.250 e. The zero-order chi connectivity index (χ0) is 10.9. The van der Waals surface area contributed by atoms with E-state index in [2.05, 4.69) is 22.9 Å². The van der Waals surface area contributed by atoms with Crippen molar-refractivity contribution in [3.8, 4) is 0 Å². The highest BCUT2D eigenvalue weighted by Gasteiger charge is 2.20. The summed E-state index contributed by atoms with van der Waals surface area (Å²) in [6.07, 6.45) is 0.800. The molecule has 5 heteroatoms. The van der Waals surface area contributed by atoms with Crippen LogP contribution in [-0.2, 0) is 9.53 Å². The van der Waals surface area contributed by atoms with Crippen LogP contribution >= 0.6 is 0 Å². The quantitative estimate of drug-likeness (QED) is 0.502. The number of hydrogen-bond acceptors (Lipinski definition) is 4. The molecule has 0 unspecified atom stereocenters. The second kappa shape index (κ2) is 7.62. The van der Waals surface area contributed by atoms with Crippen LogP contribution in [0.1, 0.15) is 13.3 Å². The van der Waals surface area contributed by atoms with Gasteiger partial charge >= 0.3 is 0 Å². The lowest BCUT2D eigenvalue weighted by Gasteiger charge is -2.22. The van der Waals surface area contributed by atoms with Crippen molar-refractivity contribution in [3.63, 3.8) is 0 Å². The lowest BCUT2D eigenvalue weighted by Crippen LogP contribution is -2.48. The molecule has 88 valence electrons. The summed E-state index contributed by atoms with van der Waals surface area (Å²) in [7, 11) is 0. The highest BCUT2D eigenvalue weighted by Crippen LogP contribution is 1.94. The average Bonchev–Trinajstić information content (AvgIpc) is 2.30. The highest BCUT2D eigenvalue weighted by molar-refractivity contribution is 5.81. The lowest BCUT2D eigenvalue weighted by atomic mass is 10.3. The molecule has 0 spiro atoms. The largest absolute Gasteiger partial charge is 0.366 e. The minimum atomic E-state index is -0.315. The van der Waals surface area contributed by atoms with Crippen molar-refractivity contribution in [2.45, 2.75) is 19.4 Å². The van der Waals surface area contributed by atoms with Crippen molar-refractivity contribution in [3.05, 3.63) is 0 Å². The molecule has 0 saturated carbocycles. The van der Waals surface area contributed by atoms with E-state index in [1.165, 1.54) is 0 Å². The van der Waals surface area contributed by atoms with E-state index >= 15 is 0 Å². The Morgan fingerprint density at radius 3 is 3.00 bits per heavy atom. The first-order valence-electron chi connectivity index (χ1n) is 5.65. The summed E-state index contributed by atoms with van der Waals surface area (Å²) < 4.78 is 5.32. The Morgan fingerprint density at radius 1 is 1.47 bits per heavy atom. The molecule has 1 aliphatic rings. The van der Waals surface area contributed by atoms with Gasteiger partial charge in [-0.15, -0.1) is 0 Å². The molecule has 1 aliphatic heterocycles. The summed E-state index contributed by atoms with van der Waals surface area (Å²) in [6.45, 7) is 6.67. The lowest BCUT2D eigenvalue weighted by molar-refractivity contribution is -0.134. The van der Waals surface area contributed by atoms with Gasteiger partial charge in [0, 0.05) is 26.2 Å². The molecular formula is C10H21N3O2. The second-order valence-electron chi connectivity index (χ2n) is 3.60. The van der Waals surface area contributed by atoms with E-state index in [4.69, 9.17) is 4.74 Å². The van der Waals surface area contributed by atoms with Crippen LogP contribution in [0.15, 0.2) is 0 Å². The molecule has 0 aliphatic carbocycles. The molecule has 1 amide bonds. The number of ether oxygens (including phenoxy) is 1. The van der Waals surface area contributed by atoms with Crippen molar-refractivity contribution in [1.82, 2.24) is 16.0 Å². The number of carbonyl (C=O) groups is 1. The molecule has 0 aromatic rings. The molecule has 0 aromatic carbocycles. The fraction of sp³-hybridized carbons (Fsp3) is 0.900. The van der Waals surface area contributed by atoms with Crippen LogP contribution in [0.25, 0.3) is 0 Å². The van der Waals surface area contributed by atoms with Gasteiger partial charge in [-0.3, -0.25) is 4.79 Å². The van der Waals surface area contributed by atoms with Crippen molar-refractivity contribution >= 4 is 5.91 Å². The fourth-order valence-corrected chi connectivity index (χ4v) is 1.42. The van der Waals surface area contributed by atoms with E-state index in [0.717, 1.165) is 26.1 Å². The maximum atomic E-state index is 11.5. The Hall–Kier alpha value is -0.650. The number of rotatable bonds is 6. The molecule has 0 radical (unpaired) electrons. The molecule has 1 heterocycles. The minimum absolute atomic E-state index is 0.0134. The Kier molecular flexibility index (Phi) is 6.31. The number of amides is 1. The molecule has 1 atom stereocenters. The van der Waals surface area contributed by atoms with E-state index in [-0.39, 0.29) is 12.0 Å². The SMILES string of the molecule is CCCNCCNC(=O)[C@H]1CNCCO1. The molecule has 0 bridgehead atoms. The van der Waals surface area contributed by atoms with Crippen LogP contribution in [-0.4, -0.2) is 51.3 Å². The standard InChI is InChI=1S/C10H21N3O2/c1-2-3-11-4-5-13-10(14)9-8-12-6-7-15-9/h9,11-12H,2-8H2,1H3,(H,13,14)/t9-/m1/s1. The molecule has 5 nitrogen and oxygen atoms in total. The molecule has 1 fully saturated rings. The zero-order valence-electron chi connectivity index (χ0n) is 9.34. The fourth-order valence-electron chi connectivity index (χ4n) is 1.42. The Balaban J connectivity index is 2.02. The van der Waals surface area contributed by atoms with Gasteiger partial charge in [-0.25, -0.2) is 0 Å². The second-order valence-corrected chi connectivity index (χ2v) is 3.60. The Bertz CT molecular complexity index is 182. The van der Waals surface area contributed by atoms with Gasteiger partial charge in [0.05, 0.1) is 6.61 Å². The normalized spacial score (nSPS) is 21.3. The number of carbonyl (C=O) groups excluding carboxylic acids is 1. The first-order chi connectivity index (χ1) is 7.34. The first kappa shape index (κ1) is 12.4. The predicted molar refractivity (Wildman–Crippen MR) is 58.8 cm³/mol. The van der Waals surface area contributed by atoms with E-state index in [1.54, 1.807) is 0 Å². The maximum absolute atomic E-state index is 11.5. The molecule has 1 rings (SSSR count). The summed E-state index contributed by atoms with van der Waals surface area (Å²) in [5, 5.41) is 9.19. The molecule has 1 saturated heterocycles. The molecule has 0 aromatic heterocycles. The van der Waals surface area contributed by atoms with E-state index < -0.39 is 0 Å². The molecule has 3 N–H and O–H groups in total. The van der Waals surface area contributed by atoms with E-state index in [0.29, 0.717) is 19.7 Å². The van der Waals surface area contributed by atoms with Crippen molar-refractivity contribution in [1.29, 1.82) is 0 Å². The third-order valence-electron chi connectivity index (χ3n) is 2.25. The molecular weight excluding hydrogens is 194 g/mol. The Morgan fingerprint density at radius 2 is 2.33 bits per heavy atom. The van der Waals surface area contributed by atoms with Gasteiger partial charge in [-0.2, -0.15) is 0 Å². The van der Waals surface area contributed by atoms with E-state index in [9.17, 15) is 4.79 Å². The average molecular weight is 215 g/mol. The topological polar surface area (TPSA) is 62.4 Å². The Labute approximate surface area is 90.9 Å². The summed E-state index contributed by atoms with van der Waals surface area (Å²) in [5.41, 5.74) is 0. The smallest absolute Gasteiger partial charge is 0.250 e. The van der Waals surface area contributed by atoms with Crippen molar-refractivity contribution in [2.75, 3.05) is 39.3 Å². The van der Waals surface area contributed by atoms with Crippen LogP contribution in [0.4, 0.5) is 0 Å². The van der Waals surface area contributed by atoms with Crippen LogP contribution in [0.5, 0.6) is 0 Å². The van der Waals surface area contributed by atoms with E-state index in [1.807, 2.05) is 0 Å². The first-order valence-corrected chi connectivity index (χ1v) is 5.65. The number of morpholine rings is 1. The minimum Gasteiger partial charge on any atom is -0.366 e. The van der Waals surface area contributed by atoms with Gasteiger partial charge in [0.15, 0.2) is 0 Å². The summed E-state index contributed by atoms with van der Waals surface area (Å²) in [5.74, 6) is -0.0134. The van der Waals surface area contributed by atoms with Crippen LogP contribution in [0.2, 0.25) is 0 Å². The van der Waals surface area contributed by atoms with Gasteiger partial charge < -0.3 is 20.7 Å². The van der Waals surface area contributed by atoms with Crippen LogP contribution < -0.4 is 16.0 Å². The van der Waals surface area contributed by atoms with Gasteiger partial charge in [0.2, 0.25) is 0 Å².